The topological polar surface area (TPSA) is 103 Å². The van der Waals surface area contributed by atoms with Crippen molar-refractivity contribution in [3.63, 3.8) is 0 Å². The average molecular weight is 466 g/mol. The maximum Gasteiger partial charge on any atom is 0.331 e. The van der Waals surface area contributed by atoms with E-state index in [9.17, 15) is 14.4 Å². The van der Waals surface area contributed by atoms with E-state index in [4.69, 9.17) is 4.74 Å². The molecule has 2 aromatic carbocycles. The number of ketones is 1. The van der Waals surface area contributed by atoms with E-state index in [2.05, 4.69) is 15.4 Å². The highest BCUT2D eigenvalue weighted by atomic mass is 16.5. The van der Waals surface area contributed by atoms with Crippen LogP contribution in [0.2, 0.25) is 0 Å². The zero-order chi connectivity index (χ0) is 24.6. The molecule has 0 unspecified atom stereocenters. The van der Waals surface area contributed by atoms with Gasteiger partial charge < -0.3 is 10.1 Å². The second-order valence-electron chi connectivity index (χ2n) is 7.58. The Balaban J connectivity index is 1.42. The van der Waals surface area contributed by atoms with E-state index < -0.39 is 18.5 Å². The molecule has 1 amide bonds. The van der Waals surface area contributed by atoms with Gasteiger partial charge in [-0.15, -0.1) is 0 Å². The first-order chi connectivity index (χ1) is 17.0. The number of esters is 1. The molecule has 0 radical (unpaired) electrons. The molecule has 35 heavy (non-hydrogen) atoms. The number of ether oxygens (including phenoxy) is 1. The van der Waals surface area contributed by atoms with Gasteiger partial charge in [0.05, 0.1) is 5.69 Å². The maximum atomic E-state index is 12.3. The van der Waals surface area contributed by atoms with Gasteiger partial charge in [-0.1, -0.05) is 18.2 Å². The molecule has 8 heteroatoms. The first-order valence-electron chi connectivity index (χ1n) is 10.8. The molecule has 2 aromatic heterocycles. The fourth-order valence-electron chi connectivity index (χ4n) is 3.28. The molecule has 0 aliphatic heterocycles. The number of nitrogens with zero attached hydrogens (tertiary/aromatic N) is 3. The van der Waals surface area contributed by atoms with E-state index in [0.717, 1.165) is 11.3 Å². The lowest BCUT2D eigenvalue weighted by Crippen LogP contribution is -2.20. The Labute approximate surface area is 201 Å². The minimum absolute atomic E-state index is 0.0652. The molecule has 0 saturated carbocycles. The molecular formula is C27H22N4O4. The molecule has 0 bridgehead atoms. The summed E-state index contributed by atoms with van der Waals surface area (Å²) in [6.07, 6.45) is 8.02. The van der Waals surface area contributed by atoms with Crippen molar-refractivity contribution in [2.45, 2.75) is 6.92 Å². The highest BCUT2D eigenvalue weighted by Crippen LogP contribution is 2.24. The third kappa shape index (κ3) is 6.14. The molecular weight excluding hydrogens is 444 g/mol. The highest BCUT2D eigenvalue weighted by molar-refractivity contribution is 5.97. The van der Waals surface area contributed by atoms with Gasteiger partial charge in [0.25, 0.3) is 5.91 Å². The second-order valence-corrected chi connectivity index (χ2v) is 7.58. The SMILES string of the molecule is CC(=O)c1ccc(NC(=O)COC(=O)/C=C/c2cn(-c3ccccc3)nc2-c2cccnc2)cc1. The Morgan fingerprint density at radius 2 is 1.77 bits per heavy atom. The summed E-state index contributed by atoms with van der Waals surface area (Å²) in [5.41, 5.74) is 4.05. The number of benzene rings is 2. The fraction of sp³-hybridized carbons (Fsp3) is 0.0741. The maximum absolute atomic E-state index is 12.3. The molecule has 1 N–H and O–H groups in total. The molecule has 174 valence electrons. The second kappa shape index (κ2) is 10.8. The number of amides is 1. The van der Waals surface area contributed by atoms with Crippen molar-refractivity contribution in [3.8, 4) is 16.9 Å². The standard InChI is InChI=1S/C27H22N4O4/c1-19(32)20-9-12-23(13-10-20)29-25(33)18-35-26(34)14-11-22-17-31(24-7-3-2-4-8-24)30-27(22)21-6-5-15-28-16-21/h2-17H,18H2,1H3,(H,29,33)/b14-11+. The normalized spacial score (nSPS) is 10.8. The average Bonchev–Trinajstić information content (AvgIpc) is 3.32. The number of Topliss-reactive ketones (excluding diaryl/α,β-unsaturated/α-hetero) is 1. The van der Waals surface area contributed by atoms with Crippen LogP contribution in [0.15, 0.2) is 91.4 Å². The molecule has 4 rings (SSSR count). The number of pyridine rings is 1. The van der Waals surface area contributed by atoms with Crippen molar-refractivity contribution in [3.05, 3.63) is 103 Å². The van der Waals surface area contributed by atoms with Gasteiger partial charge >= 0.3 is 5.97 Å². The third-order valence-electron chi connectivity index (χ3n) is 5.02. The zero-order valence-corrected chi connectivity index (χ0v) is 18.9. The zero-order valence-electron chi connectivity index (χ0n) is 18.9. The van der Waals surface area contributed by atoms with Crippen LogP contribution in [0.25, 0.3) is 23.0 Å². The smallest absolute Gasteiger partial charge is 0.331 e. The molecule has 0 spiro atoms. The number of anilines is 1. The Bertz CT molecular complexity index is 1360. The quantitative estimate of drug-likeness (QED) is 0.236. The van der Waals surface area contributed by atoms with E-state index in [0.29, 0.717) is 22.5 Å². The number of hydrogen-bond donors (Lipinski definition) is 1. The Hall–Kier alpha value is -4.85. The van der Waals surface area contributed by atoms with Crippen LogP contribution in [0.4, 0.5) is 5.69 Å². The van der Waals surface area contributed by atoms with E-state index in [1.807, 2.05) is 42.5 Å². The van der Waals surface area contributed by atoms with Crippen molar-refractivity contribution in [2.24, 2.45) is 0 Å². The predicted octanol–water partition coefficient (Wildman–Crippen LogP) is 4.33. The summed E-state index contributed by atoms with van der Waals surface area (Å²) in [6, 6.07) is 19.7. The predicted molar refractivity (Wildman–Crippen MR) is 132 cm³/mol. The summed E-state index contributed by atoms with van der Waals surface area (Å²) in [5, 5.41) is 7.27. The first-order valence-corrected chi connectivity index (χ1v) is 10.8. The van der Waals surface area contributed by atoms with Crippen LogP contribution in [0, 0.1) is 0 Å². The summed E-state index contributed by atoms with van der Waals surface area (Å²) >= 11 is 0. The lowest BCUT2D eigenvalue weighted by molar-refractivity contribution is -0.142. The van der Waals surface area contributed by atoms with Crippen molar-refractivity contribution < 1.29 is 19.1 Å². The van der Waals surface area contributed by atoms with Gasteiger partial charge in [0, 0.05) is 47.0 Å². The van der Waals surface area contributed by atoms with Gasteiger partial charge in [-0.3, -0.25) is 14.6 Å². The van der Waals surface area contributed by atoms with E-state index in [1.165, 1.54) is 13.0 Å². The summed E-state index contributed by atoms with van der Waals surface area (Å²) in [6.45, 7) is 1.02. The molecule has 8 nitrogen and oxygen atoms in total. The van der Waals surface area contributed by atoms with Crippen LogP contribution in [0.1, 0.15) is 22.8 Å². The first kappa shape index (κ1) is 23.3. The van der Waals surface area contributed by atoms with Gasteiger partial charge in [-0.2, -0.15) is 5.10 Å². The van der Waals surface area contributed by atoms with E-state index in [1.54, 1.807) is 53.6 Å². The number of rotatable bonds is 8. The van der Waals surface area contributed by atoms with Crippen LogP contribution < -0.4 is 5.32 Å². The minimum atomic E-state index is -0.670. The Morgan fingerprint density at radius 1 is 1.00 bits per heavy atom. The van der Waals surface area contributed by atoms with Gasteiger partial charge in [0.15, 0.2) is 12.4 Å². The Morgan fingerprint density at radius 3 is 2.46 bits per heavy atom. The van der Waals surface area contributed by atoms with Gasteiger partial charge in [-0.05, 0) is 61.5 Å². The lowest BCUT2D eigenvalue weighted by atomic mass is 10.1. The van der Waals surface area contributed by atoms with Gasteiger partial charge in [0.2, 0.25) is 0 Å². The largest absolute Gasteiger partial charge is 0.452 e. The summed E-state index contributed by atoms with van der Waals surface area (Å²) in [4.78, 5) is 39.8. The molecule has 0 fully saturated rings. The molecule has 0 saturated heterocycles. The van der Waals surface area contributed by atoms with Crippen molar-refractivity contribution in [1.29, 1.82) is 0 Å². The molecule has 0 atom stereocenters. The number of hydrogen-bond acceptors (Lipinski definition) is 6. The van der Waals surface area contributed by atoms with Gasteiger partial charge in [0.1, 0.15) is 5.69 Å². The Kier molecular flexibility index (Phi) is 7.22. The van der Waals surface area contributed by atoms with Crippen LogP contribution >= 0.6 is 0 Å². The molecule has 0 aliphatic carbocycles. The van der Waals surface area contributed by atoms with Crippen molar-refractivity contribution >= 4 is 29.4 Å². The number of nitrogens with one attached hydrogen (secondary N) is 1. The van der Waals surface area contributed by atoms with Crippen LogP contribution in [0.5, 0.6) is 0 Å². The number of carbonyl (C=O) groups excluding carboxylic acids is 3. The van der Waals surface area contributed by atoms with Gasteiger partial charge in [-0.25, -0.2) is 9.48 Å². The number of carbonyl (C=O) groups is 3. The number of para-hydroxylation sites is 1. The monoisotopic (exact) mass is 466 g/mol. The van der Waals surface area contributed by atoms with Crippen LogP contribution in [-0.4, -0.2) is 39.0 Å². The van der Waals surface area contributed by atoms with E-state index >= 15 is 0 Å². The summed E-state index contributed by atoms with van der Waals surface area (Å²) < 4.78 is 6.79. The van der Waals surface area contributed by atoms with Crippen molar-refractivity contribution in [2.75, 3.05) is 11.9 Å². The fourth-order valence-corrected chi connectivity index (χ4v) is 3.28. The number of aromatic nitrogens is 3. The molecule has 0 aliphatic rings. The summed E-state index contributed by atoms with van der Waals surface area (Å²) in [5.74, 6) is -1.23. The van der Waals surface area contributed by atoms with Crippen molar-refractivity contribution in [1.82, 2.24) is 14.8 Å². The van der Waals surface area contributed by atoms with E-state index in [-0.39, 0.29) is 5.78 Å². The third-order valence-corrected chi connectivity index (χ3v) is 5.02. The lowest BCUT2D eigenvalue weighted by Gasteiger charge is -2.06. The molecule has 4 aromatic rings. The summed E-state index contributed by atoms with van der Waals surface area (Å²) in [7, 11) is 0. The molecule has 2 heterocycles. The minimum Gasteiger partial charge on any atom is -0.452 e. The van der Waals surface area contributed by atoms with Crippen LogP contribution in [0.3, 0.4) is 0 Å². The highest BCUT2D eigenvalue weighted by Gasteiger charge is 2.12. The van der Waals surface area contributed by atoms with Crippen LogP contribution in [-0.2, 0) is 14.3 Å².